The van der Waals surface area contributed by atoms with Crippen molar-refractivity contribution >= 4 is 22.2 Å². The number of rotatable bonds is 1. The van der Waals surface area contributed by atoms with Gasteiger partial charge in [0.25, 0.3) is 0 Å². The van der Waals surface area contributed by atoms with E-state index < -0.39 is 0 Å². The van der Waals surface area contributed by atoms with E-state index in [1.807, 2.05) is 19.9 Å². The van der Waals surface area contributed by atoms with Crippen LogP contribution in [0.5, 0.6) is 0 Å². The van der Waals surface area contributed by atoms with Gasteiger partial charge < -0.3 is 0 Å². The second-order valence-corrected chi connectivity index (χ2v) is 3.19. The molecule has 3 heteroatoms. The second kappa shape index (κ2) is 3.13. The lowest BCUT2D eigenvalue weighted by molar-refractivity contribution is 0.111. The summed E-state index contributed by atoms with van der Waals surface area (Å²) < 4.78 is 0.790. The second-order valence-electron chi connectivity index (χ2n) is 2.40. The average Bonchev–Trinajstić information content (AvgIpc) is 1.96. The van der Waals surface area contributed by atoms with Gasteiger partial charge in [-0.1, -0.05) is 0 Å². The van der Waals surface area contributed by atoms with Gasteiger partial charge in [0.15, 0.2) is 6.29 Å². The molecule has 0 unspecified atom stereocenters. The molecule has 0 atom stereocenters. The highest BCUT2D eigenvalue weighted by Gasteiger charge is 2.03. The van der Waals surface area contributed by atoms with Crippen molar-refractivity contribution in [2.75, 3.05) is 0 Å². The van der Waals surface area contributed by atoms with E-state index in [9.17, 15) is 4.79 Å². The summed E-state index contributed by atoms with van der Waals surface area (Å²) in [4.78, 5) is 14.5. The number of hydrogen-bond donors (Lipinski definition) is 0. The van der Waals surface area contributed by atoms with Crippen molar-refractivity contribution in [3.63, 3.8) is 0 Å². The van der Waals surface area contributed by atoms with Gasteiger partial charge >= 0.3 is 0 Å². The molecular weight excluding hydrogens is 206 g/mol. The van der Waals surface area contributed by atoms with Crippen molar-refractivity contribution in [1.29, 1.82) is 0 Å². The lowest BCUT2D eigenvalue weighted by Gasteiger charge is -2.01. The summed E-state index contributed by atoms with van der Waals surface area (Å²) in [7, 11) is 0. The maximum absolute atomic E-state index is 10.4. The number of halogens is 1. The molecule has 1 aromatic rings. The fourth-order valence-corrected chi connectivity index (χ4v) is 1.22. The molecule has 11 heavy (non-hydrogen) atoms. The lowest BCUT2D eigenvalue weighted by atomic mass is 10.2. The quantitative estimate of drug-likeness (QED) is 0.671. The standard InChI is InChI=1S/C8H8BrNO/c1-5-3-6(2)10-7(4-11)8(5)9/h3-4H,1-2H3. The Balaban J connectivity index is 3.35. The molecule has 0 saturated heterocycles. The van der Waals surface area contributed by atoms with Gasteiger partial charge in [0.05, 0.1) is 0 Å². The lowest BCUT2D eigenvalue weighted by Crippen LogP contribution is -1.93. The molecule has 1 aromatic heterocycles. The van der Waals surface area contributed by atoms with Gasteiger partial charge in [0, 0.05) is 10.2 Å². The summed E-state index contributed by atoms with van der Waals surface area (Å²) in [5.74, 6) is 0. The van der Waals surface area contributed by atoms with Crippen LogP contribution in [0.1, 0.15) is 21.7 Å². The van der Waals surface area contributed by atoms with E-state index in [0.717, 1.165) is 22.0 Å². The van der Waals surface area contributed by atoms with Crippen LogP contribution in [0.2, 0.25) is 0 Å². The first kappa shape index (κ1) is 8.40. The van der Waals surface area contributed by atoms with Crippen molar-refractivity contribution in [2.24, 2.45) is 0 Å². The summed E-state index contributed by atoms with van der Waals surface area (Å²) >= 11 is 3.28. The number of carbonyl (C=O) groups excluding carboxylic acids is 1. The molecule has 0 spiro atoms. The summed E-state index contributed by atoms with van der Waals surface area (Å²) in [6.07, 6.45) is 0.754. The van der Waals surface area contributed by atoms with E-state index in [1.54, 1.807) is 0 Å². The normalized spacial score (nSPS) is 9.73. The van der Waals surface area contributed by atoms with E-state index in [4.69, 9.17) is 0 Å². The van der Waals surface area contributed by atoms with E-state index in [-0.39, 0.29) is 0 Å². The molecule has 0 bridgehead atoms. The molecule has 0 N–H and O–H groups in total. The summed E-state index contributed by atoms with van der Waals surface area (Å²) in [5, 5.41) is 0. The Morgan fingerprint density at radius 2 is 2.18 bits per heavy atom. The van der Waals surface area contributed by atoms with E-state index in [1.165, 1.54) is 0 Å². The van der Waals surface area contributed by atoms with Crippen LogP contribution in [-0.2, 0) is 0 Å². The zero-order chi connectivity index (χ0) is 8.43. The molecule has 2 nitrogen and oxygen atoms in total. The Morgan fingerprint density at radius 1 is 1.55 bits per heavy atom. The van der Waals surface area contributed by atoms with Crippen LogP contribution in [0.25, 0.3) is 0 Å². The third kappa shape index (κ3) is 1.66. The Morgan fingerprint density at radius 3 is 2.73 bits per heavy atom. The fourth-order valence-electron chi connectivity index (χ4n) is 0.928. The van der Waals surface area contributed by atoms with Crippen LogP contribution in [0, 0.1) is 13.8 Å². The predicted octanol–water partition coefficient (Wildman–Crippen LogP) is 2.27. The first-order valence-electron chi connectivity index (χ1n) is 3.24. The highest BCUT2D eigenvalue weighted by Crippen LogP contribution is 2.18. The molecule has 1 rings (SSSR count). The highest BCUT2D eigenvalue weighted by molar-refractivity contribution is 9.10. The third-order valence-electron chi connectivity index (χ3n) is 1.40. The maximum atomic E-state index is 10.4. The van der Waals surface area contributed by atoms with Gasteiger partial charge in [-0.15, -0.1) is 0 Å². The Bertz CT molecular complexity index is 296. The van der Waals surface area contributed by atoms with Crippen LogP contribution in [0.3, 0.4) is 0 Å². The Kier molecular flexibility index (Phi) is 2.39. The van der Waals surface area contributed by atoms with Gasteiger partial charge in [0.2, 0.25) is 0 Å². The van der Waals surface area contributed by atoms with Gasteiger partial charge in [-0.25, -0.2) is 4.98 Å². The van der Waals surface area contributed by atoms with Gasteiger partial charge in [-0.3, -0.25) is 4.79 Å². The largest absolute Gasteiger partial charge is 0.296 e. The van der Waals surface area contributed by atoms with E-state index >= 15 is 0 Å². The molecule has 1 heterocycles. The summed E-state index contributed by atoms with van der Waals surface area (Å²) in [6, 6.07) is 1.93. The van der Waals surface area contributed by atoms with Gasteiger partial charge in [0.1, 0.15) is 5.69 Å². The zero-order valence-corrected chi connectivity index (χ0v) is 7.97. The average molecular weight is 214 g/mol. The molecule has 58 valence electrons. The molecule has 0 amide bonds. The SMILES string of the molecule is Cc1cc(C)c(Br)c(C=O)n1. The Labute approximate surface area is 73.8 Å². The molecule has 0 saturated carbocycles. The minimum atomic E-state index is 0.475. The number of aryl methyl sites for hydroxylation is 2. The molecule has 0 fully saturated rings. The topological polar surface area (TPSA) is 30.0 Å². The van der Waals surface area contributed by atoms with Gasteiger partial charge in [-0.05, 0) is 41.4 Å². The predicted molar refractivity (Wildman–Crippen MR) is 46.8 cm³/mol. The first-order chi connectivity index (χ1) is 5.15. The monoisotopic (exact) mass is 213 g/mol. The van der Waals surface area contributed by atoms with Crippen molar-refractivity contribution in [2.45, 2.75) is 13.8 Å². The van der Waals surface area contributed by atoms with Gasteiger partial charge in [-0.2, -0.15) is 0 Å². The Hall–Kier alpha value is -0.700. The maximum Gasteiger partial charge on any atom is 0.169 e. The molecule has 0 radical (unpaired) electrons. The highest BCUT2D eigenvalue weighted by atomic mass is 79.9. The van der Waals surface area contributed by atoms with Crippen molar-refractivity contribution in [3.05, 3.63) is 27.5 Å². The summed E-state index contributed by atoms with van der Waals surface area (Å²) in [6.45, 7) is 3.80. The molecular formula is C8H8BrNO. The molecule has 0 aliphatic rings. The summed E-state index contributed by atoms with van der Waals surface area (Å²) in [5.41, 5.74) is 2.38. The van der Waals surface area contributed by atoms with E-state index in [0.29, 0.717) is 5.69 Å². The fraction of sp³-hybridized carbons (Fsp3) is 0.250. The minimum Gasteiger partial charge on any atom is -0.296 e. The zero-order valence-electron chi connectivity index (χ0n) is 6.39. The van der Waals surface area contributed by atoms with Crippen LogP contribution in [-0.4, -0.2) is 11.3 Å². The van der Waals surface area contributed by atoms with Crippen molar-refractivity contribution < 1.29 is 4.79 Å². The third-order valence-corrected chi connectivity index (χ3v) is 2.44. The first-order valence-corrected chi connectivity index (χ1v) is 4.03. The number of hydrogen-bond acceptors (Lipinski definition) is 2. The molecule has 0 aliphatic carbocycles. The van der Waals surface area contributed by atoms with Crippen molar-refractivity contribution in [3.8, 4) is 0 Å². The number of aromatic nitrogens is 1. The number of aldehydes is 1. The smallest absolute Gasteiger partial charge is 0.169 e. The molecule has 0 aromatic carbocycles. The van der Waals surface area contributed by atoms with Crippen molar-refractivity contribution in [1.82, 2.24) is 4.98 Å². The van der Waals surface area contributed by atoms with Crippen LogP contribution in [0.4, 0.5) is 0 Å². The molecule has 0 aliphatic heterocycles. The van der Waals surface area contributed by atoms with E-state index in [2.05, 4.69) is 20.9 Å². The number of pyridine rings is 1. The number of carbonyl (C=O) groups is 1. The van der Waals surface area contributed by atoms with Crippen LogP contribution < -0.4 is 0 Å². The minimum absolute atomic E-state index is 0.475. The number of nitrogens with zero attached hydrogens (tertiary/aromatic N) is 1. The van der Waals surface area contributed by atoms with Crippen LogP contribution >= 0.6 is 15.9 Å². The van der Waals surface area contributed by atoms with Crippen LogP contribution in [0.15, 0.2) is 10.5 Å².